The van der Waals surface area contributed by atoms with Crippen molar-refractivity contribution in [3.8, 4) is 11.4 Å². The van der Waals surface area contributed by atoms with Gasteiger partial charge in [-0.1, -0.05) is 36.4 Å². The summed E-state index contributed by atoms with van der Waals surface area (Å²) in [4.78, 5) is 28.0. The predicted molar refractivity (Wildman–Crippen MR) is 141 cm³/mol. The number of hydrogen-bond donors (Lipinski definition) is 1. The van der Waals surface area contributed by atoms with Gasteiger partial charge >= 0.3 is 0 Å². The van der Waals surface area contributed by atoms with Gasteiger partial charge in [0.1, 0.15) is 5.75 Å². The van der Waals surface area contributed by atoms with Crippen LogP contribution in [0.4, 0.5) is 5.69 Å². The molecular weight excluding hydrogens is 466 g/mol. The number of hydrogen-bond acceptors (Lipinski definition) is 5. The molecule has 0 radical (unpaired) electrons. The van der Waals surface area contributed by atoms with Gasteiger partial charge in [-0.2, -0.15) is 5.10 Å². The van der Waals surface area contributed by atoms with Gasteiger partial charge in [0.15, 0.2) is 0 Å². The summed E-state index contributed by atoms with van der Waals surface area (Å²) >= 11 is 0. The summed E-state index contributed by atoms with van der Waals surface area (Å²) in [5.74, 6) is 0.606. The van der Waals surface area contributed by atoms with Crippen LogP contribution in [0.5, 0.6) is 5.75 Å². The zero-order valence-electron chi connectivity index (χ0n) is 20.7. The largest absolute Gasteiger partial charge is 0.497 e. The Hall–Kier alpha value is -4.59. The number of piperazine rings is 1. The number of carbonyl (C=O) groups excluding carboxylic acids is 2. The van der Waals surface area contributed by atoms with Crippen molar-refractivity contribution in [1.29, 1.82) is 0 Å². The zero-order chi connectivity index (χ0) is 25.6. The molecule has 0 spiro atoms. The number of ether oxygens (including phenoxy) is 1. The van der Waals surface area contributed by atoms with Crippen molar-refractivity contribution in [3.63, 3.8) is 0 Å². The minimum absolute atomic E-state index is 0.0487. The van der Waals surface area contributed by atoms with E-state index < -0.39 is 0 Å². The smallest absolute Gasteiger partial charge is 0.242 e. The Kier molecular flexibility index (Phi) is 7.16. The van der Waals surface area contributed by atoms with E-state index in [4.69, 9.17) is 4.74 Å². The quantitative estimate of drug-likeness (QED) is 0.384. The average molecular weight is 496 g/mol. The van der Waals surface area contributed by atoms with Gasteiger partial charge in [-0.25, -0.2) is 4.68 Å². The molecule has 3 aromatic carbocycles. The van der Waals surface area contributed by atoms with Crippen molar-refractivity contribution < 1.29 is 14.3 Å². The highest BCUT2D eigenvalue weighted by Crippen LogP contribution is 2.25. The van der Waals surface area contributed by atoms with E-state index in [9.17, 15) is 9.59 Å². The summed E-state index contributed by atoms with van der Waals surface area (Å²) in [6.07, 6.45) is 3.70. The van der Waals surface area contributed by atoms with E-state index in [-0.39, 0.29) is 24.9 Å². The first-order chi connectivity index (χ1) is 18.1. The number of carbonyl (C=O) groups is 2. The fourth-order valence-electron chi connectivity index (χ4n) is 4.49. The maximum atomic E-state index is 12.3. The van der Waals surface area contributed by atoms with Gasteiger partial charge in [0, 0.05) is 37.7 Å². The molecule has 0 saturated carbocycles. The molecule has 1 fully saturated rings. The summed E-state index contributed by atoms with van der Waals surface area (Å²) in [6, 6.07) is 26.5. The van der Waals surface area contributed by atoms with Crippen molar-refractivity contribution in [3.05, 3.63) is 108 Å². The summed E-state index contributed by atoms with van der Waals surface area (Å²) < 4.78 is 7.29. The molecule has 1 aliphatic heterocycles. The van der Waals surface area contributed by atoms with Crippen LogP contribution in [0.15, 0.2) is 91.3 Å². The molecule has 188 valence electrons. The summed E-state index contributed by atoms with van der Waals surface area (Å²) in [7, 11) is 1.67. The van der Waals surface area contributed by atoms with Crippen molar-refractivity contribution in [2.75, 3.05) is 25.1 Å². The van der Waals surface area contributed by atoms with Crippen LogP contribution in [0.1, 0.15) is 16.7 Å². The second-order valence-electron chi connectivity index (χ2n) is 9.02. The molecule has 2 heterocycles. The topological polar surface area (TPSA) is 79.7 Å². The Bertz CT molecular complexity index is 1390. The third kappa shape index (κ3) is 5.98. The predicted octanol–water partition coefficient (Wildman–Crippen LogP) is 3.55. The molecule has 0 bridgehead atoms. The molecule has 1 N–H and O–H groups in total. The lowest BCUT2D eigenvalue weighted by Gasteiger charge is -2.28. The number of anilines is 1. The number of nitrogens with zero attached hydrogens (tertiary/aromatic N) is 4. The molecule has 5 rings (SSSR count). The number of methoxy groups -OCH3 is 1. The number of rotatable bonds is 9. The molecule has 2 amide bonds. The molecule has 1 aromatic heterocycles. The Morgan fingerprint density at radius 2 is 1.68 bits per heavy atom. The first kappa shape index (κ1) is 24.1. The highest BCUT2D eigenvalue weighted by Gasteiger charge is 2.23. The maximum absolute atomic E-state index is 12.3. The van der Waals surface area contributed by atoms with E-state index in [0.717, 1.165) is 33.8 Å². The van der Waals surface area contributed by atoms with Crippen molar-refractivity contribution >= 4 is 17.5 Å². The second kappa shape index (κ2) is 11.0. The Balaban J connectivity index is 1.43. The third-order valence-corrected chi connectivity index (χ3v) is 6.33. The first-order valence-corrected chi connectivity index (χ1v) is 12.2. The normalized spacial score (nSPS) is 13.4. The van der Waals surface area contributed by atoms with Crippen LogP contribution in [0.25, 0.3) is 5.69 Å². The zero-order valence-corrected chi connectivity index (χ0v) is 20.7. The van der Waals surface area contributed by atoms with Crippen LogP contribution in [0.2, 0.25) is 0 Å². The molecule has 0 aliphatic carbocycles. The SMILES string of the molecule is COc1cccc(CN(Cc2cccc(-n3cccn3)c2)c2cccc(CN3CC(=O)NCC3=O)c2)c1. The molecule has 4 aromatic rings. The van der Waals surface area contributed by atoms with Gasteiger partial charge in [-0.3, -0.25) is 9.59 Å². The van der Waals surface area contributed by atoms with Crippen LogP contribution >= 0.6 is 0 Å². The monoisotopic (exact) mass is 495 g/mol. The van der Waals surface area contributed by atoms with Gasteiger partial charge in [-0.15, -0.1) is 0 Å². The second-order valence-corrected chi connectivity index (χ2v) is 9.02. The lowest BCUT2D eigenvalue weighted by atomic mass is 10.1. The highest BCUT2D eigenvalue weighted by molar-refractivity contribution is 5.92. The van der Waals surface area contributed by atoms with E-state index in [1.54, 1.807) is 18.2 Å². The van der Waals surface area contributed by atoms with Gasteiger partial charge in [0.05, 0.1) is 25.9 Å². The number of amides is 2. The minimum Gasteiger partial charge on any atom is -0.497 e. The molecule has 1 aliphatic rings. The Morgan fingerprint density at radius 1 is 0.919 bits per heavy atom. The van der Waals surface area contributed by atoms with E-state index in [1.165, 1.54) is 0 Å². The van der Waals surface area contributed by atoms with Crippen molar-refractivity contribution in [2.45, 2.75) is 19.6 Å². The fraction of sp³-hybridized carbons (Fsp3) is 0.207. The number of aromatic nitrogens is 2. The minimum atomic E-state index is -0.132. The molecule has 0 atom stereocenters. The maximum Gasteiger partial charge on any atom is 0.242 e. The van der Waals surface area contributed by atoms with E-state index in [0.29, 0.717) is 19.6 Å². The van der Waals surface area contributed by atoms with Crippen LogP contribution in [-0.4, -0.2) is 46.7 Å². The fourth-order valence-corrected chi connectivity index (χ4v) is 4.49. The lowest BCUT2D eigenvalue weighted by Crippen LogP contribution is -2.51. The van der Waals surface area contributed by atoms with Crippen molar-refractivity contribution in [1.82, 2.24) is 20.0 Å². The molecule has 8 heteroatoms. The first-order valence-electron chi connectivity index (χ1n) is 12.2. The molecule has 0 unspecified atom stereocenters. The molecule has 37 heavy (non-hydrogen) atoms. The van der Waals surface area contributed by atoms with E-state index in [1.807, 2.05) is 59.4 Å². The van der Waals surface area contributed by atoms with Crippen LogP contribution in [-0.2, 0) is 29.2 Å². The van der Waals surface area contributed by atoms with Crippen molar-refractivity contribution in [2.24, 2.45) is 0 Å². The van der Waals surface area contributed by atoms with Gasteiger partial charge < -0.3 is 19.9 Å². The molecular formula is C29H29N5O3. The lowest BCUT2D eigenvalue weighted by molar-refractivity contribution is -0.141. The van der Waals surface area contributed by atoms with E-state index in [2.05, 4.69) is 45.6 Å². The highest BCUT2D eigenvalue weighted by atomic mass is 16.5. The number of nitrogens with one attached hydrogen (secondary N) is 1. The van der Waals surface area contributed by atoms with Crippen LogP contribution in [0, 0.1) is 0 Å². The van der Waals surface area contributed by atoms with Crippen LogP contribution < -0.4 is 15.0 Å². The van der Waals surface area contributed by atoms with Crippen LogP contribution in [0.3, 0.4) is 0 Å². The molecule has 1 saturated heterocycles. The summed E-state index contributed by atoms with van der Waals surface area (Å²) in [5.41, 5.74) is 5.26. The van der Waals surface area contributed by atoms with Gasteiger partial charge in [-0.05, 0) is 59.2 Å². The third-order valence-electron chi connectivity index (χ3n) is 6.33. The summed E-state index contributed by atoms with van der Waals surface area (Å²) in [5, 5.41) is 6.96. The summed E-state index contributed by atoms with van der Waals surface area (Å²) in [6.45, 7) is 1.85. The Labute approximate surface area is 216 Å². The van der Waals surface area contributed by atoms with E-state index >= 15 is 0 Å². The Morgan fingerprint density at radius 3 is 2.46 bits per heavy atom. The average Bonchev–Trinajstić information content (AvgIpc) is 3.46. The standard InChI is InChI=1S/C29H29N5O3/c1-37-27-11-4-8-24(16-27)19-32(18-23-7-3-10-26(15-23)34-13-5-12-31-34)25-9-2-6-22(14-25)20-33-21-28(35)30-17-29(33)36/h2-16H,17-21H2,1H3,(H,30,35). The van der Waals surface area contributed by atoms with Gasteiger partial charge in [0.2, 0.25) is 11.8 Å². The molecule has 8 nitrogen and oxygen atoms in total. The number of benzene rings is 3. The van der Waals surface area contributed by atoms with Gasteiger partial charge in [0.25, 0.3) is 0 Å².